The molecular weight excluding hydrogens is 200 g/mol. The summed E-state index contributed by atoms with van der Waals surface area (Å²) in [6, 6.07) is 8.34. The summed E-state index contributed by atoms with van der Waals surface area (Å²) in [5, 5.41) is 2.86. The van der Waals surface area contributed by atoms with E-state index in [1.54, 1.807) is 0 Å². The summed E-state index contributed by atoms with van der Waals surface area (Å²) in [5.41, 5.74) is 2.43. The molecule has 1 N–H and O–H groups in total. The molecule has 0 aliphatic heterocycles. The van der Waals surface area contributed by atoms with Gasteiger partial charge in [0.15, 0.2) is 0 Å². The van der Waals surface area contributed by atoms with Crippen molar-refractivity contribution >= 4 is 5.91 Å². The maximum atomic E-state index is 11.1. The zero-order valence-electron chi connectivity index (χ0n) is 10.3. The lowest BCUT2D eigenvalue weighted by atomic mass is 10.1. The van der Waals surface area contributed by atoms with Gasteiger partial charge in [-0.15, -0.1) is 0 Å². The molecule has 0 aliphatic carbocycles. The van der Waals surface area contributed by atoms with Gasteiger partial charge in [-0.1, -0.05) is 31.2 Å². The minimum atomic E-state index is 0.0948. The van der Waals surface area contributed by atoms with E-state index in [0.717, 1.165) is 12.1 Å². The second-order valence-electron chi connectivity index (χ2n) is 4.18. The van der Waals surface area contributed by atoms with Crippen LogP contribution in [0.2, 0.25) is 0 Å². The van der Waals surface area contributed by atoms with Crippen LogP contribution in [-0.2, 0) is 17.9 Å². The number of nitrogens with one attached hydrogen (secondary N) is 1. The van der Waals surface area contributed by atoms with Crippen LogP contribution in [0.1, 0.15) is 24.5 Å². The highest BCUT2D eigenvalue weighted by Gasteiger charge is 1.98. The summed E-state index contributed by atoms with van der Waals surface area (Å²) < 4.78 is 0. The first kappa shape index (κ1) is 12.7. The van der Waals surface area contributed by atoms with Crippen LogP contribution in [0.4, 0.5) is 0 Å². The molecule has 0 bridgehead atoms. The smallest absolute Gasteiger partial charge is 0.219 e. The van der Waals surface area contributed by atoms with E-state index in [4.69, 9.17) is 0 Å². The molecule has 0 fully saturated rings. The molecular formula is C13H20N2O. The Morgan fingerprint density at radius 2 is 1.75 bits per heavy atom. The van der Waals surface area contributed by atoms with Crippen LogP contribution in [-0.4, -0.2) is 24.9 Å². The molecule has 1 aromatic carbocycles. The topological polar surface area (TPSA) is 32.3 Å². The molecule has 3 heteroatoms. The van der Waals surface area contributed by atoms with Gasteiger partial charge in [0.1, 0.15) is 0 Å². The number of carbonyl (C=O) groups is 1. The van der Waals surface area contributed by atoms with Gasteiger partial charge in [0, 0.05) is 19.5 Å². The lowest BCUT2D eigenvalue weighted by molar-refractivity contribution is -0.120. The molecule has 1 amide bonds. The minimum Gasteiger partial charge on any atom is -0.352 e. The molecule has 16 heavy (non-hydrogen) atoms. The zero-order valence-corrected chi connectivity index (χ0v) is 10.3. The maximum absolute atomic E-state index is 11.1. The van der Waals surface area contributed by atoms with Crippen molar-refractivity contribution in [3.63, 3.8) is 0 Å². The monoisotopic (exact) mass is 220 g/mol. The van der Waals surface area contributed by atoms with Crippen LogP contribution in [0.25, 0.3) is 0 Å². The summed E-state index contributed by atoms with van der Waals surface area (Å²) >= 11 is 0. The predicted molar refractivity (Wildman–Crippen MR) is 66.0 cm³/mol. The third-order valence-electron chi connectivity index (χ3n) is 2.33. The predicted octanol–water partition coefficient (Wildman–Crippen LogP) is 1.77. The van der Waals surface area contributed by atoms with E-state index in [0.29, 0.717) is 13.0 Å². The van der Waals surface area contributed by atoms with Crippen molar-refractivity contribution < 1.29 is 4.79 Å². The van der Waals surface area contributed by atoms with Gasteiger partial charge in [-0.05, 0) is 25.2 Å². The van der Waals surface area contributed by atoms with Crippen LogP contribution in [0, 0.1) is 0 Å². The molecule has 1 aromatic rings. The Labute approximate surface area is 97.5 Å². The number of rotatable bonds is 5. The quantitative estimate of drug-likeness (QED) is 0.820. The van der Waals surface area contributed by atoms with Crippen molar-refractivity contribution in [1.29, 1.82) is 0 Å². The second kappa shape index (κ2) is 6.28. The number of nitrogens with zero attached hydrogens (tertiary/aromatic N) is 1. The third kappa shape index (κ3) is 4.45. The molecule has 0 heterocycles. The lowest BCUT2D eigenvalue weighted by Gasteiger charge is -2.10. The van der Waals surface area contributed by atoms with Crippen LogP contribution >= 0.6 is 0 Å². The average Bonchev–Trinajstić information content (AvgIpc) is 2.27. The van der Waals surface area contributed by atoms with Gasteiger partial charge in [-0.25, -0.2) is 0 Å². The molecule has 0 atom stereocenters. The first-order chi connectivity index (χ1) is 7.61. The maximum Gasteiger partial charge on any atom is 0.219 e. The van der Waals surface area contributed by atoms with Crippen molar-refractivity contribution in [1.82, 2.24) is 10.2 Å². The number of amides is 1. The normalized spacial score (nSPS) is 10.5. The van der Waals surface area contributed by atoms with Crippen molar-refractivity contribution in [2.45, 2.75) is 26.4 Å². The van der Waals surface area contributed by atoms with Gasteiger partial charge >= 0.3 is 0 Å². The number of benzene rings is 1. The average molecular weight is 220 g/mol. The number of hydrogen-bond donors (Lipinski definition) is 1. The Bertz CT molecular complexity index is 330. The van der Waals surface area contributed by atoms with Gasteiger partial charge < -0.3 is 10.2 Å². The Morgan fingerprint density at radius 3 is 2.25 bits per heavy atom. The van der Waals surface area contributed by atoms with E-state index in [2.05, 4.69) is 48.6 Å². The van der Waals surface area contributed by atoms with Gasteiger partial charge in [0.2, 0.25) is 5.91 Å². The fraction of sp³-hybridized carbons (Fsp3) is 0.462. The molecule has 0 radical (unpaired) electrons. The van der Waals surface area contributed by atoms with Crippen LogP contribution in [0.15, 0.2) is 24.3 Å². The van der Waals surface area contributed by atoms with Crippen LogP contribution in [0.5, 0.6) is 0 Å². The molecule has 1 rings (SSSR count). The first-order valence-corrected chi connectivity index (χ1v) is 5.61. The fourth-order valence-corrected chi connectivity index (χ4v) is 1.45. The highest BCUT2D eigenvalue weighted by Crippen LogP contribution is 2.05. The van der Waals surface area contributed by atoms with Crippen molar-refractivity contribution in [3.05, 3.63) is 35.4 Å². The standard InChI is InChI=1S/C13H20N2O/c1-4-13(16)14-9-11-5-7-12(8-6-11)10-15(2)3/h5-8H,4,9-10H2,1-3H3,(H,14,16). The Morgan fingerprint density at radius 1 is 1.19 bits per heavy atom. The molecule has 88 valence electrons. The Balaban J connectivity index is 2.48. The SMILES string of the molecule is CCC(=O)NCc1ccc(CN(C)C)cc1. The van der Waals surface area contributed by atoms with Gasteiger partial charge in [-0.2, -0.15) is 0 Å². The molecule has 0 aliphatic rings. The van der Waals surface area contributed by atoms with Crippen LogP contribution < -0.4 is 5.32 Å². The largest absolute Gasteiger partial charge is 0.352 e. The molecule has 3 nitrogen and oxygen atoms in total. The Hall–Kier alpha value is -1.35. The summed E-state index contributed by atoms with van der Waals surface area (Å²) in [4.78, 5) is 13.2. The molecule has 0 unspecified atom stereocenters. The molecule has 0 spiro atoms. The zero-order chi connectivity index (χ0) is 12.0. The molecule has 0 aromatic heterocycles. The molecule has 0 saturated heterocycles. The highest BCUT2D eigenvalue weighted by molar-refractivity contribution is 5.75. The summed E-state index contributed by atoms with van der Waals surface area (Å²) in [6.07, 6.45) is 0.540. The van der Waals surface area contributed by atoms with Crippen molar-refractivity contribution in [3.8, 4) is 0 Å². The van der Waals surface area contributed by atoms with Gasteiger partial charge in [0.25, 0.3) is 0 Å². The highest BCUT2D eigenvalue weighted by atomic mass is 16.1. The molecule has 0 saturated carbocycles. The van der Waals surface area contributed by atoms with E-state index >= 15 is 0 Å². The number of hydrogen-bond acceptors (Lipinski definition) is 2. The van der Waals surface area contributed by atoms with E-state index in [1.807, 2.05) is 6.92 Å². The van der Waals surface area contributed by atoms with E-state index in [-0.39, 0.29) is 5.91 Å². The summed E-state index contributed by atoms with van der Waals surface area (Å²) in [7, 11) is 4.10. The fourth-order valence-electron chi connectivity index (χ4n) is 1.45. The van der Waals surface area contributed by atoms with Crippen molar-refractivity contribution in [2.24, 2.45) is 0 Å². The van der Waals surface area contributed by atoms with Gasteiger partial charge in [-0.3, -0.25) is 4.79 Å². The first-order valence-electron chi connectivity index (χ1n) is 5.61. The number of carbonyl (C=O) groups excluding carboxylic acids is 1. The minimum absolute atomic E-state index is 0.0948. The summed E-state index contributed by atoms with van der Waals surface area (Å²) in [6.45, 7) is 3.42. The van der Waals surface area contributed by atoms with E-state index in [9.17, 15) is 4.79 Å². The lowest BCUT2D eigenvalue weighted by Crippen LogP contribution is -2.21. The summed E-state index contributed by atoms with van der Waals surface area (Å²) in [5.74, 6) is 0.0948. The van der Waals surface area contributed by atoms with E-state index in [1.165, 1.54) is 5.56 Å². The van der Waals surface area contributed by atoms with E-state index < -0.39 is 0 Å². The van der Waals surface area contributed by atoms with Crippen molar-refractivity contribution in [2.75, 3.05) is 14.1 Å². The van der Waals surface area contributed by atoms with Crippen LogP contribution in [0.3, 0.4) is 0 Å². The van der Waals surface area contributed by atoms with Gasteiger partial charge in [0.05, 0.1) is 0 Å². The Kier molecular flexibility index (Phi) is 4.99. The second-order valence-corrected chi connectivity index (χ2v) is 4.18. The third-order valence-corrected chi connectivity index (χ3v) is 2.33.